The first-order valence-electron chi connectivity index (χ1n) is 6.15. The minimum absolute atomic E-state index is 0.478. The van der Waals surface area contributed by atoms with Crippen LogP contribution in [0.25, 0.3) is 0 Å². The first-order valence-corrected chi connectivity index (χ1v) is 6.15. The number of anilines is 1. The summed E-state index contributed by atoms with van der Waals surface area (Å²) in [6.45, 7) is 0. The summed E-state index contributed by atoms with van der Waals surface area (Å²) in [5.41, 5.74) is -0.907. The molecule has 7 heteroatoms. The molecule has 1 aromatic rings. The first kappa shape index (κ1) is 14.0. The van der Waals surface area contributed by atoms with Crippen LogP contribution in [0.2, 0.25) is 0 Å². The average molecular weight is 278 g/mol. The van der Waals surface area contributed by atoms with Crippen LogP contribution in [0.3, 0.4) is 0 Å². The largest absolute Gasteiger partial charge is 0.391 e. The number of aliphatic hydroxyl groups excluding tert-OH is 1. The quantitative estimate of drug-likeness (QED) is 0.497. The number of aromatic nitrogens is 1. The van der Waals surface area contributed by atoms with Gasteiger partial charge in [0.25, 0.3) is 11.9 Å². The fraction of sp³-hybridized carbons (Fsp3) is 0.583. The summed E-state index contributed by atoms with van der Waals surface area (Å²) >= 11 is 0. The van der Waals surface area contributed by atoms with Crippen LogP contribution < -0.4 is 5.32 Å². The zero-order chi connectivity index (χ0) is 14.0. The second kappa shape index (κ2) is 5.73. The van der Waals surface area contributed by atoms with Crippen molar-refractivity contribution in [3.8, 4) is 0 Å². The molecule has 0 aliphatic heterocycles. The van der Waals surface area contributed by atoms with Gasteiger partial charge >= 0.3 is 0 Å². The molecule has 0 saturated heterocycles. The fourth-order valence-corrected chi connectivity index (χ4v) is 2.26. The molecule has 19 heavy (non-hydrogen) atoms. The highest BCUT2D eigenvalue weighted by molar-refractivity contribution is 5.46. The van der Waals surface area contributed by atoms with Gasteiger partial charge in [-0.05, 0) is 12.8 Å². The summed E-state index contributed by atoms with van der Waals surface area (Å²) in [5.74, 6) is -6.56. The number of aliphatic hydroxyl groups is 1. The van der Waals surface area contributed by atoms with E-state index in [0.29, 0.717) is 12.8 Å². The number of halogens is 4. The van der Waals surface area contributed by atoms with Gasteiger partial charge in [-0.25, -0.2) is 0 Å². The molecule has 2 N–H and O–H groups in total. The lowest BCUT2D eigenvalue weighted by Gasteiger charge is -2.23. The van der Waals surface area contributed by atoms with Crippen molar-refractivity contribution < 1.29 is 22.7 Å². The number of nitrogens with one attached hydrogen (secondary N) is 1. The highest BCUT2D eigenvalue weighted by Crippen LogP contribution is 2.26. The van der Waals surface area contributed by atoms with Crippen molar-refractivity contribution >= 4 is 5.69 Å². The Morgan fingerprint density at radius 1 is 0.947 bits per heavy atom. The maximum Gasteiger partial charge on any atom is 0.253 e. The second-order valence-electron chi connectivity index (χ2n) is 4.65. The van der Waals surface area contributed by atoms with Gasteiger partial charge in [-0.3, -0.25) is 0 Å². The van der Waals surface area contributed by atoms with Crippen molar-refractivity contribution in [3.05, 3.63) is 23.5 Å². The molecule has 1 aromatic heterocycles. The molecular formula is C12H14F4N2O. The smallest absolute Gasteiger partial charge is 0.253 e. The summed E-state index contributed by atoms with van der Waals surface area (Å²) in [4.78, 5) is 2.48. The van der Waals surface area contributed by atoms with Gasteiger partial charge in [0, 0.05) is 0 Å². The molecule has 0 spiro atoms. The van der Waals surface area contributed by atoms with Crippen LogP contribution in [0.5, 0.6) is 0 Å². The molecule has 0 radical (unpaired) electrons. The lowest BCUT2D eigenvalue weighted by atomic mass is 10.1. The fourth-order valence-electron chi connectivity index (χ4n) is 2.26. The Morgan fingerprint density at radius 2 is 1.53 bits per heavy atom. The normalized spacial score (nSPS) is 24.1. The average Bonchev–Trinajstić information content (AvgIpc) is 2.57. The molecule has 1 saturated carbocycles. The molecule has 0 bridgehead atoms. The Kier molecular flexibility index (Phi) is 4.24. The lowest BCUT2D eigenvalue weighted by Crippen LogP contribution is -2.33. The number of hydrogen-bond acceptors (Lipinski definition) is 3. The molecule has 1 fully saturated rings. The van der Waals surface area contributed by atoms with Gasteiger partial charge < -0.3 is 10.4 Å². The maximum absolute atomic E-state index is 13.4. The van der Waals surface area contributed by atoms with E-state index in [1.54, 1.807) is 0 Å². The number of rotatable bonds is 2. The summed E-state index contributed by atoms with van der Waals surface area (Å²) in [6.07, 6.45) is 2.64. The molecule has 3 nitrogen and oxygen atoms in total. The van der Waals surface area contributed by atoms with Gasteiger partial charge in [-0.1, -0.05) is 19.3 Å². The zero-order valence-electron chi connectivity index (χ0n) is 10.1. The van der Waals surface area contributed by atoms with Gasteiger partial charge in [-0.15, -0.1) is 0 Å². The Bertz CT molecular complexity index is 443. The molecule has 1 aliphatic carbocycles. The van der Waals surface area contributed by atoms with E-state index in [0.717, 1.165) is 19.3 Å². The van der Waals surface area contributed by atoms with Crippen LogP contribution in [0.15, 0.2) is 0 Å². The van der Waals surface area contributed by atoms with Crippen molar-refractivity contribution in [2.45, 2.75) is 44.2 Å². The third kappa shape index (κ3) is 2.97. The molecule has 2 unspecified atom stereocenters. The van der Waals surface area contributed by atoms with Crippen LogP contribution in [-0.2, 0) is 0 Å². The Balaban J connectivity index is 2.27. The van der Waals surface area contributed by atoms with Crippen LogP contribution in [0.4, 0.5) is 23.2 Å². The Morgan fingerprint density at radius 3 is 2.16 bits per heavy atom. The van der Waals surface area contributed by atoms with Crippen molar-refractivity contribution in [2.24, 2.45) is 0 Å². The summed E-state index contributed by atoms with van der Waals surface area (Å²) in [6, 6.07) is -0.632. The standard InChI is InChI=1S/C12H14F4N2O/c13-8-10(9(14)12(16)18-11(8)15)17-6-4-2-1-3-5-7(6)19/h6-7,19H,1-5H2,(H,17,18). The molecule has 2 rings (SSSR count). The van der Waals surface area contributed by atoms with Crippen molar-refractivity contribution in [1.29, 1.82) is 0 Å². The minimum Gasteiger partial charge on any atom is -0.391 e. The van der Waals surface area contributed by atoms with Gasteiger partial charge in [0.2, 0.25) is 11.6 Å². The van der Waals surface area contributed by atoms with Gasteiger partial charge in [0.15, 0.2) is 0 Å². The van der Waals surface area contributed by atoms with E-state index in [1.165, 1.54) is 0 Å². The third-order valence-electron chi connectivity index (χ3n) is 3.31. The highest BCUT2D eigenvalue weighted by atomic mass is 19.2. The van der Waals surface area contributed by atoms with E-state index in [1.807, 2.05) is 0 Å². The lowest BCUT2D eigenvalue weighted by molar-refractivity contribution is 0.144. The van der Waals surface area contributed by atoms with E-state index in [-0.39, 0.29) is 0 Å². The van der Waals surface area contributed by atoms with E-state index in [4.69, 9.17) is 0 Å². The number of hydrogen-bond donors (Lipinski definition) is 2. The molecule has 1 heterocycles. The molecule has 0 aromatic carbocycles. The van der Waals surface area contributed by atoms with E-state index >= 15 is 0 Å². The number of pyridine rings is 1. The van der Waals surface area contributed by atoms with E-state index in [9.17, 15) is 22.7 Å². The monoisotopic (exact) mass is 278 g/mol. The molecule has 106 valence electrons. The molecule has 2 atom stereocenters. The van der Waals surface area contributed by atoms with Crippen molar-refractivity contribution in [1.82, 2.24) is 4.98 Å². The first-order chi connectivity index (χ1) is 9.00. The van der Waals surface area contributed by atoms with Gasteiger partial charge in [0.05, 0.1) is 12.1 Å². The van der Waals surface area contributed by atoms with Gasteiger partial charge in [0.1, 0.15) is 5.69 Å². The maximum atomic E-state index is 13.4. The Labute approximate surface area is 107 Å². The van der Waals surface area contributed by atoms with Crippen LogP contribution >= 0.6 is 0 Å². The third-order valence-corrected chi connectivity index (χ3v) is 3.31. The molecule has 1 aliphatic rings. The van der Waals surface area contributed by atoms with Gasteiger partial charge in [-0.2, -0.15) is 22.5 Å². The van der Waals surface area contributed by atoms with Crippen LogP contribution in [-0.4, -0.2) is 22.2 Å². The predicted octanol–water partition coefficient (Wildman–Crippen LogP) is 2.74. The van der Waals surface area contributed by atoms with E-state index in [2.05, 4.69) is 10.3 Å². The summed E-state index contributed by atoms with van der Waals surface area (Å²) in [5, 5.41) is 12.2. The van der Waals surface area contributed by atoms with Crippen LogP contribution in [0.1, 0.15) is 32.1 Å². The summed E-state index contributed by atoms with van der Waals surface area (Å²) < 4.78 is 52.8. The number of nitrogens with zero attached hydrogens (tertiary/aromatic N) is 1. The van der Waals surface area contributed by atoms with Crippen molar-refractivity contribution in [2.75, 3.05) is 5.32 Å². The Hall–Kier alpha value is -1.37. The predicted molar refractivity (Wildman–Crippen MR) is 60.6 cm³/mol. The topological polar surface area (TPSA) is 45.1 Å². The SMILES string of the molecule is OC1CCCCCC1Nc1c(F)c(F)nc(F)c1F. The van der Waals surface area contributed by atoms with Crippen molar-refractivity contribution in [3.63, 3.8) is 0 Å². The second-order valence-corrected chi connectivity index (χ2v) is 4.65. The highest BCUT2D eigenvalue weighted by Gasteiger charge is 2.27. The zero-order valence-corrected chi connectivity index (χ0v) is 10.1. The summed E-state index contributed by atoms with van der Waals surface area (Å²) in [7, 11) is 0. The van der Waals surface area contributed by atoms with Crippen LogP contribution in [0, 0.1) is 23.5 Å². The van der Waals surface area contributed by atoms with E-state index < -0.39 is 41.4 Å². The minimum atomic E-state index is -1.70. The molecular weight excluding hydrogens is 264 g/mol. The molecule has 0 amide bonds.